The molecule has 0 aromatic rings. The van der Waals surface area contributed by atoms with Gasteiger partial charge in [-0.2, -0.15) is 0 Å². The van der Waals surface area contributed by atoms with Gasteiger partial charge in [0.1, 0.15) is 0 Å². The lowest BCUT2D eigenvalue weighted by Crippen LogP contribution is -2.43. The summed E-state index contributed by atoms with van der Waals surface area (Å²) in [5, 5.41) is 6.93. The van der Waals surface area contributed by atoms with Crippen molar-refractivity contribution in [3.8, 4) is 0 Å². The molecule has 0 saturated heterocycles. The Hall–Kier alpha value is -0.160. The van der Waals surface area contributed by atoms with Crippen molar-refractivity contribution in [3.05, 3.63) is 0 Å². The van der Waals surface area contributed by atoms with Crippen LogP contribution >= 0.6 is 12.2 Å². The highest BCUT2D eigenvalue weighted by Gasteiger charge is 2.05. The van der Waals surface area contributed by atoms with Gasteiger partial charge in [0.15, 0.2) is 5.11 Å². The summed E-state index contributed by atoms with van der Waals surface area (Å²) in [6.07, 6.45) is 2.60. The molecule has 0 aromatic carbocycles. The fourth-order valence-corrected chi connectivity index (χ4v) is 2.06. The van der Waals surface area contributed by atoms with E-state index in [0.29, 0.717) is 11.2 Å². The van der Waals surface area contributed by atoms with Crippen molar-refractivity contribution >= 4 is 28.1 Å². The van der Waals surface area contributed by atoms with E-state index in [2.05, 4.69) is 10.6 Å². The maximum absolute atomic E-state index is 10.8. The summed E-state index contributed by atoms with van der Waals surface area (Å²) in [6, 6.07) is 0.625. The molecule has 5 heteroatoms. The molecule has 0 heterocycles. The molecule has 0 aliphatic carbocycles. The summed E-state index contributed by atoms with van der Waals surface area (Å²) in [6.45, 7) is 6.13. The van der Waals surface area contributed by atoms with Crippen LogP contribution in [0.1, 0.15) is 27.2 Å². The van der Waals surface area contributed by atoms with Crippen LogP contribution in [0.25, 0.3) is 0 Å². The molecule has 2 unspecified atom stereocenters. The van der Waals surface area contributed by atoms with Gasteiger partial charge in [0, 0.05) is 34.9 Å². The molecule has 0 aliphatic heterocycles. The summed E-state index contributed by atoms with van der Waals surface area (Å²) >= 11 is 5.09. The lowest BCUT2D eigenvalue weighted by molar-refractivity contribution is 0.615. The molecule has 0 spiro atoms. The topological polar surface area (TPSA) is 41.1 Å². The SMILES string of the molecule is CC(C)NC(=S)NC(C)CCS(C)=O. The second-order valence-electron chi connectivity index (χ2n) is 3.74. The molecular formula is C9H20N2OS2. The highest BCUT2D eigenvalue weighted by molar-refractivity contribution is 7.84. The number of hydrogen-bond donors (Lipinski definition) is 2. The van der Waals surface area contributed by atoms with Gasteiger partial charge in [0.05, 0.1) is 0 Å². The smallest absolute Gasteiger partial charge is 0.166 e. The van der Waals surface area contributed by atoms with Gasteiger partial charge in [-0.25, -0.2) is 0 Å². The molecule has 0 aromatic heterocycles. The first-order valence-electron chi connectivity index (χ1n) is 4.79. The Labute approximate surface area is 94.5 Å². The monoisotopic (exact) mass is 236 g/mol. The minimum absolute atomic E-state index is 0.276. The first-order chi connectivity index (χ1) is 6.41. The quantitative estimate of drug-likeness (QED) is 0.699. The largest absolute Gasteiger partial charge is 0.361 e. The standard InChI is InChI=1S/C9H20N2OS2/c1-7(2)10-9(13)11-8(3)5-6-14(4)12/h7-8H,5-6H2,1-4H3,(H2,10,11,13). The first-order valence-corrected chi connectivity index (χ1v) is 6.92. The zero-order chi connectivity index (χ0) is 11.1. The summed E-state index contributed by atoms with van der Waals surface area (Å²) in [5.41, 5.74) is 0. The normalized spacial score (nSPS) is 14.9. The van der Waals surface area contributed by atoms with Gasteiger partial charge in [-0.15, -0.1) is 0 Å². The third-order valence-electron chi connectivity index (χ3n) is 1.64. The van der Waals surface area contributed by atoms with Gasteiger partial charge in [0.25, 0.3) is 0 Å². The first kappa shape index (κ1) is 13.8. The Morgan fingerprint density at radius 1 is 1.36 bits per heavy atom. The van der Waals surface area contributed by atoms with Gasteiger partial charge >= 0.3 is 0 Å². The van der Waals surface area contributed by atoms with Crippen LogP contribution in [0.4, 0.5) is 0 Å². The van der Waals surface area contributed by atoms with E-state index in [4.69, 9.17) is 12.2 Å². The van der Waals surface area contributed by atoms with Gasteiger partial charge in [-0.3, -0.25) is 4.21 Å². The average molecular weight is 236 g/mol. The van der Waals surface area contributed by atoms with Crippen LogP contribution in [0.15, 0.2) is 0 Å². The lowest BCUT2D eigenvalue weighted by Gasteiger charge is -2.18. The third-order valence-corrected chi connectivity index (χ3v) is 2.68. The van der Waals surface area contributed by atoms with E-state index in [0.717, 1.165) is 12.2 Å². The summed E-state index contributed by atoms with van der Waals surface area (Å²) in [5.74, 6) is 0.721. The molecule has 0 saturated carbocycles. The maximum Gasteiger partial charge on any atom is 0.166 e. The van der Waals surface area contributed by atoms with Crippen molar-refractivity contribution < 1.29 is 4.21 Å². The van der Waals surface area contributed by atoms with Crippen LogP contribution in [0.5, 0.6) is 0 Å². The van der Waals surface area contributed by atoms with Crippen molar-refractivity contribution in [2.45, 2.75) is 39.3 Å². The van der Waals surface area contributed by atoms with Crippen LogP contribution in [0, 0.1) is 0 Å². The average Bonchev–Trinajstić information content (AvgIpc) is 1.98. The molecule has 0 bridgehead atoms. The van der Waals surface area contributed by atoms with E-state index in [9.17, 15) is 4.21 Å². The Morgan fingerprint density at radius 3 is 2.36 bits per heavy atom. The van der Waals surface area contributed by atoms with E-state index in [1.807, 2.05) is 20.8 Å². The molecule has 0 fully saturated rings. The van der Waals surface area contributed by atoms with Crippen molar-refractivity contribution in [2.75, 3.05) is 12.0 Å². The maximum atomic E-state index is 10.8. The van der Waals surface area contributed by atoms with Gasteiger partial charge in [-0.1, -0.05) is 0 Å². The van der Waals surface area contributed by atoms with Crippen molar-refractivity contribution in [1.82, 2.24) is 10.6 Å². The minimum atomic E-state index is -0.715. The molecule has 0 aliphatic rings. The molecular weight excluding hydrogens is 216 g/mol. The molecule has 14 heavy (non-hydrogen) atoms. The number of hydrogen-bond acceptors (Lipinski definition) is 2. The Balaban J connectivity index is 3.65. The van der Waals surface area contributed by atoms with E-state index in [1.54, 1.807) is 6.26 Å². The molecule has 2 atom stereocenters. The number of thiocarbonyl (C=S) groups is 1. The Morgan fingerprint density at radius 2 is 1.93 bits per heavy atom. The van der Waals surface area contributed by atoms with E-state index in [1.165, 1.54) is 0 Å². The predicted molar refractivity (Wildman–Crippen MR) is 67.0 cm³/mol. The zero-order valence-corrected chi connectivity index (χ0v) is 10.9. The third kappa shape index (κ3) is 8.44. The second-order valence-corrected chi connectivity index (χ2v) is 5.70. The van der Waals surface area contributed by atoms with Gasteiger partial charge in [0.2, 0.25) is 0 Å². The number of nitrogens with one attached hydrogen (secondary N) is 2. The lowest BCUT2D eigenvalue weighted by atomic mass is 10.3. The van der Waals surface area contributed by atoms with Crippen molar-refractivity contribution in [3.63, 3.8) is 0 Å². The molecule has 2 N–H and O–H groups in total. The van der Waals surface area contributed by atoms with E-state index < -0.39 is 10.8 Å². The zero-order valence-electron chi connectivity index (χ0n) is 9.29. The fourth-order valence-electron chi connectivity index (χ4n) is 0.943. The highest BCUT2D eigenvalue weighted by atomic mass is 32.2. The van der Waals surface area contributed by atoms with Crippen LogP contribution < -0.4 is 10.6 Å². The van der Waals surface area contributed by atoms with Crippen LogP contribution in [0.2, 0.25) is 0 Å². The number of rotatable bonds is 5. The van der Waals surface area contributed by atoms with Crippen LogP contribution in [-0.4, -0.2) is 33.4 Å². The Bertz CT molecular complexity index is 207. The van der Waals surface area contributed by atoms with Crippen molar-refractivity contribution in [2.24, 2.45) is 0 Å². The highest BCUT2D eigenvalue weighted by Crippen LogP contribution is 1.92. The molecule has 0 amide bonds. The summed E-state index contributed by atoms with van der Waals surface area (Å²) in [7, 11) is -0.715. The predicted octanol–water partition coefficient (Wildman–Crippen LogP) is 1.02. The molecule has 0 rings (SSSR count). The van der Waals surface area contributed by atoms with Crippen LogP contribution in [0.3, 0.4) is 0 Å². The Kier molecular flexibility index (Phi) is 7.09. The second kappa shape index (κ2) is 7.17. The van der Waals surface area contributed by atoms with E-state index in [-0.39, 0.29) is 6.04 Å². The minimum Gasteiger partial charge on any atom is -0.361 e. The fraction of sp³-hybridized carbons (Fsp3) is 0.889. The van der Waals surface area contributed by atoms with E-state index >= 15 is 0 Å². The summed E-state index contributed by atoms with van der Waals surface area (Å²) < 4.78 is 10.8. The van der Waals surface area contributed by atoms with Crippen LogP contribution in [-0.2, 0) is 10.8 Å². The van der Waals surface area contributed by atoms with Gasteiger partial charge in [-0.05, 0) is 39.4 Å². The van der Waals surface area contributed by atoms with Gasteiger partial charge < -0.3 is 10.6 Å². The molecule has 3 nitrogen and oxygen atoms in total. The molecule has 84 valence electrons. The van der Waals surface area contributed by atoms with Crippen molar-refractivity contribution in [1.29, 1.82) is 0 Å². The summed E-state index contributed by atoms with van der Waals surface area (Å²) in [4.78, 5) is 0. The molecule has 0 radical (unpaired) electrons.